The third-order valence-electron chi connectivity index (χ3n) is 6.47. The van der Waals surface area contributed by atoms with Crippen LogP contribution in [0, 0.1) is 5.92 Å². The third-order valence-corrected chi connectivity index (χ3v) is 6.47. The summed E-state index contributed by atoms with van der Waals surface area (Å²) in [6, 6.07) is 6.41. The first kappa shape index (κ1) is 20.7. The number of ether oxygens (including phenoxy) is 4. The van der Waals surface area contributed by atoms with Gasteiger partial charge in [-0.15, -0.1) is 0 Å². The van der Waals surface area contributed by atoms with Crippen LogP contribution in [0.5, 0.6) is 11.5 Å². The zero-order valence-electron chi connectivity index (χ0n) is 18.5. The zero-order chi connectivity index (χ0) is 23.7. The molecule has 0 amide bonds. The predicted octanol–water partition coefficient (Wildman–Crippen LogP) is 1.78. The van der Waals surface area contributed by atoms with E-state index in [1.54, 1.807) is 30.5 Å². The van der Waals surface area contributed by atoms with Crippen molar-refractivity contribution in [2.45, 2.75) is 39.1 Å². The first-order chi connectivity index (χ1) is 16.3. The van der Waals surface area contributed by atoms with Gasteiger partial charge in [0.05, 0.1) is 29.0 Å². The second-order valence-electron chi connectivity index (χ2n) is 8.94. The van der Waals surface area contributed by atoms with Crippen LogP contribution in [0.15, 0.2) is 29.1 Å². The van der Waals surface area contributed by atoms with Crippen molar-refractivity contribution in [2.75, 3.05) is 6.79 Å². The molecule has 0 spiro atoms. The number of pyridine rings is 2. The number of hydrogen-bond donors (Lipinski definition) is 1. The Balaban J connectivity index is 1.46. The molecule has 10 nitrogen and oxygen atoms in total. The Bertz CT molecular complexity index is 1460. The second kappa shape index (κ2) is 7.29. The average Bonchev–Trinajstić information content (AvgIpc) is 3.41. The number of carbonyl (C=O) groups is 2. The quantitative estimate of drug-likeness (QED) is 0.452. The van der Waals surface area contributed by atoms with Gasteiger partial charge in [0.1, 0.15) is 12.6 Å². The maximum absolute atomic E-state index is 13.3. The predicted molar refractivity (Wildman–Crippen MR) is 118 cm³/mol. The fourth-order valence-corrected chi connectivity index (χ4v) is 4.49. The minimum absolute atomic E-state index is 0.159. The highest BCUT2D eigenvalue weighted by molar-refractivity contribution is 5.88. The van der Waals surface area contributed by atoms with Crippen LogP contribution < -0.4 is 20.8 Å². The molecule has 0 saturated carbocycles. The number of hydrogen-bond acceptors (Lipinski definition) is 9. The van der Waals surface area contributed by atoms with Gasteiger partial charge in [0.2, 0.25) is 12.9 Å². The van der Waals surface area contributed by atoms with E-state index in [0.29, 0.717) is 40.5 Å². The lowest BCUT2D eigenvalue weighted by atomic mass is 9.99. The fraction of sp³-hybridized carbons (Fsp3) is 0.333. The lowest BCUT2D eigenvalue weighted by Gasteiger charge is -2.26. The van der Waals surface area contributed by atoms with E-state index in [9.17, 15) is 14.4 Å². The number of benzene rings is 1. The van der Waals surface area contributed by atoms with E-state index < -0.39 is 24.1 Å². The first-order valence-corrected chi connectivity index (χ1v) is 10.9. The number of carbonyl (C=O) groups excluding carboxylic acids is 2. The van der Waals surface area contributed by atoms with Crippen molar-refractivity contribution >= 4 is 22.8 Å². The molecule has 2 atom stereocenters. The zero-order valence-corrected chi connectivity index (χ0v) is 18.5. The van der Waals surface area contributed by atoms with Crippen molar-refractivity contribution in [3.05, 3.63) is 51.3 Å². The molecule has 10 heteroatoms. The van der Waals surface area contributed by atoms with E-state index in [1.165, 1.54) is 0 Å². The molecule has 2 N–H and O–H groups in total. The summed E-state index contributed by atoms with van der Waals surface area (Å²) >= 11 is 0. The third kappa shape index (κ3) is 2.98. The fourth-order valence-electron chi connectivity index (χ4n) is 4.49. The largest absolute Gasteiger partial charge is 0.458 e. The number of aromatic nitrogens is 2. The van der Waals surface area contributed by atoms with Gasteiger partial charge in [-0.2, -0.15) is 0 Å². The molecule has 0 saturated heterocycles. The summed E-state index contributed by atoms with van der Waals surface area (Å²) < 4.78 is 23.1. The highest BCUT2D eigenvalue weighted by atomic mass is 16.7. The molecule has 34 heavy (non-hydrogen) atoms. The Morgan fingerprint density at radius 1 is 1.15 bits per heavy atom. The van der Waals surface area contributed by atoms with Crippen molar-refractivity contribution in [1.29, 1.82) is 0 Å². The Hall–Kier alpha value is -3.92. The van der Waals surface area contributed by atoms with Crippen molar-refractivity contribution in [3.8, 4) is 22.9 Å². The molecular formula is C24H21N3O7. The summed E-state index contributed by atoms with van der Waals surface area (Å²) in [5.74, 6) is -0.392. The van der Waals surface area contributed by atoms with E-state index in [-0.39, 0.29) is 30.4 Å². The van der Waals surface area contributed by atoms with Gasteiger partial charge in [-0.25, -0.2) is 9.78 Å². The SMILES string of the molecule is CC(C)C(N)C(=O)OC1C(=O)OCc2c1cc1n(c2=O)Cc2cc3cc4c(cc3nc2-1)OCO4. The van der Waals surface area contributed by atoms with Crippen LogP contribution in [0.2, 0.25) is 0 Å². The van der Waals surface area contributed by atoms with Gasteiger partial charge in [0.15, 0.2) is 11.5 Å². The standard InChI is InChI=1S/C24H21N3O7/c1-10(2)19(25)23(29)34-21-13-5-16-20-12(7-27(16)22(28)14(13)8-31-24(21)30)3-11-4-17-18(33-9-32-17)6-15(11)26-20/h3-6,10,19,21H,7-9,25H2,1-2H3. The topological polar surface area (TPSA) is 132 Å². The van der Waals surface area contributed by atoms with Crippen molar-refractivity contribution in [3.63, 3.8) is 0 Å². The van der Waals surface area contributed by atoms with Gasteiger partial charge < -0.3 is 29.2 Å². The minimum Gasteiger partial charge on any atom is -0.458 e. The molecule has 0 aliphatic carbocycles. The molecule has 3 aliphatic rings. The number of cyclic esters (lactones) is 1. The summed E-state index contributed by atoms with van der Waals surface area (Å²) in [6.07, 6.45) is -1.36. The Kier molecular flexibility index (Phi) is 4.43. The van der Waals surface area contributed by atoms with E-state index >= 15 is 0 Å². The number of nitrogens with zero attached hydrogens (tertiary/aromatic N) is 2. The highest BCUT2D eigenvalue weighted by Crippen LogP contribution is 2.40. The van der Waals surface area contributed by atoms with E-state index in [1.807, 2.05) is 12.1 Å². The van der Waals surface area contributed by atoms with Gasteiger partial charge in [-0.05, 0) is 24.1 Å². The minimum atomic E-state index is -1.36. The van der Waals surface area contributed by atoms with Gasteiger partial charge in [-0.1, -0.05) is 13.8 Å². The second-order valence-corrected chi connectivity index (χ2v) is 8.94. The van der Waals surface area contributed by atoms with E-state index in [0.717, 1.165) is 10.9 Å². The van der Waals surface area contributed by atoms with Crippen molar-refractivity contribution in [2.24, 2.45) is 11.7 Å². The molecule has 2 unspecified atom stereocenters. The first-order valence-electron chi connectivity index (χ1n) is 10.9. The molecule has 6 rings (SSSR count). The van der Waals surface area contributed by atoms with Crippen LogP contribution in [-0.2, 0) is 32.2 Å². The van der Waals surface area contributed by atoms with E-state index in [2.05, 4.69) is 0 Å². The molecule has 5 heterocycles. The average molecular weight is 463 g/mol. The van der Waals surface area contributed by atoms with Gasteiger partial charge in [0.25, 0.3) is 5.56 Å². The molecule has 2 aromatic heterocycles. The lowest BCUT2D eigenvalue weighted by molar-refractivity contribution is -0.173. The van der Waals surface area contributed by atoms with Crippen molar-refractivity contribution < 1.29 is 28.5 Å². The summed E-state index contributed by atoms with van der Waals surface area (Å²) in [4.78, 5) is 43.2. The van der Waals surface area contributed by atoms with Crippen LogP contribution in [0.4, 0.5) is 0 Å². The molecule has 0 radical (unpaired) electrons. The normalized spacial score (nSPS) is 18.4. The smallest absolute Gasteiger partial charge is 0.352 e. The molecule has 3 aliphatic heterocycles. The van der Waals surface area contributed by atoms with E-state index in [4.69, 9.17) is 29.7 Å². The van der Waals surface area contributed by atoms with Crippen molar-refractivity contribution in [1.82, 2.24) is 9.55 Å². The van der Waals surface area contributed by atoms with Gasteiger partial charge in [-0.3, -0.25) is 9.59 Å². The number of esters is 2. The molecular weight excluding hydrogens is 442 g/mol. The molecule has 3 aromatic rings. The number of nitrogens with two attached hydrogens (primary N) is 1. The monoisotopic (exact) mass is 463 g/mol. The summed E-state index contributed by atoms with van der Waals surface area (Å²) in [5, 5.41) is 0.863. The maximum atomic E-state index is 13.3. The van der Waals surface area contributed by atoms with Crippen LogP contribution in [-0.4, -0.2) is 34.3 Å². The molecule has 174 valence electrons. The molecule has 1 aromatic carbocycles. The molecule has 0 fully saturated rings. The lowest BCUT2D eigenvalue weighted by Crippen LogP contribution is -2.40. The van der Waals surface area contributed by atoms with Crippen LogP contribution in [0.3, 0.4) is 0 Å². The summed E-state index contributed by atoms with van der Waals surface area (Å²) in [5.41, 5.74) is 8.87. The highest BCUT2D eigenvalue weighted by Gasteiger charge is 2.38. The Morgan fingerprint density at radius 3 is 2.68 bits per heavy atom. The van der Waals surface area contributed by atoms with Gasteiger partial charge in [0, 0.05) is 22.6 Å². The Morgan fingerprint density at radius 2 is 1.91 bits per heavy atom. The molecule has 0 bridgehead atoms. The maximum Gasteiger partial charge on any atom is 0.352 e. The van der Waals surface area contributed by atoms with Crippen LogP contribution in [0.1, 0.15) is 36.6 Å². The number of rotatable bonds is 3. The van der Waals surface area contributed by atoms with Gasteiger partial charge >= 0.3 is 11.9 Å². The van der Waals surface area contributed by atoms with Crippen LogP contribution in [0.25, 0.3) is 22.3 Å². The summed E-state index contributed by atoms with van der Waals surface area (Å²) in [6.45, 7) is 3.84. The van der Waals surface area contributed by atoms with Crippen LogP contribution >= 0.6 is 0 Å². The Labute approximate surface area is 193 Å². The summed E-state index contributed by atoms with van der Waals surface area (Å²) in [7, 11) is 0. The number of fused-ring (bicyclic) bond motifs is 6.